The number of ether oxygens (including phenoxy) is 2. The summed E-state index contributed by atoms with van der Waals surface area (Å²) in [5.74, 6) is 2.04. The normalized spacial score (nSPS) is 25.8. The highest BCUT2D eigenvalue weighted by molar-refractivity contribution is 7.13. The number of hydrogen-bond donors (Lipinski definition) is 4. The third-order valence-electron chi connectivity index (χ3n) is 17.8. The minimum atomic E-state index is -0.824. The number of anilines is 3. The van der Waals surface area contributed by atoms with Crippen molar-refractivity contribution in [3.63, 3.8) is 0 Å². The number of para-hydroxylation sites is 1. The number of piperazine rings is 1. The summed E-state index contributed by atoms with van der Waals surface area (Å²) in [5.41, 5.74) is 14.5. The number of hydrogen-bond acceptors (Lipinski definition) is 17. The number of carbonyl (C=O) groups is 2. The number of nitrogens with one attached hydrogen (secondary N) is 1. The van der Waals surface area contributed by atoms with Crippen molar-refractivity contribution in [2.24, 2.45) is 23.7 Å². The largest absolute Gasteiger partial charge is 0.507 e. The molecule has 2 amide bonds. The number of phenols is 1. The molecule has 4 aliphatic heterocycles. The summed E-state index contributed by atoms with van der Waals surface area (Å²) in [6.07, 6.45) is 7.51. The lowest BCUT2D eigenvalue weighted by molar-refractivity contribution is -0.141. The van der Waals surface area contributed by atoms with Crippen LogP contribution in [0.1, 0.15) is 109 Å². The molecule has 8 heterocycles. The van der Waals surface area contributed by atoms with Gasteiger partial charge in [0.2, 0.25) is 17.7 Å². The van der Waals surface area contributed by atoms with Crippen LogP contribution in [0, 0.1) is 30.6 Å². The van der Waals surface area contributed by atoms with Gasteiger partial charge in [0, 0.05) is 80.3 Å². The van der Waals surface area contributed by atoms with Crippen LogP contribution in [0.25, 0.3) is 21.7 Å². The van der Waals surface area contributed by atoms with Crippen LogP contribution in [0.15, 0.2) is 89.0 Å². The van der Waals surface area contributed by atoms with E-state index in [1.165, 1.54) is 4.90 Å². The standard InChI is InChI=1S/C60H75N11O7S/c1-34(2)56(60(75)70-32-46(72)26-51(70)59(74)64-36(4)41-11-13-42(14-12-41)57-37(5)63-33-79-57)53-28-55(67-78-53)76-22-19-40-18-21-68(38(6)35(40)3)29-39-23-47(24-39)77-54-25-43(17-20-62-54)71-44-15-16-45(71)31-69(30-44)50-27-49(65-66-58(50)61)48-9-7-8-10-52(48)73/h7-14,17,20,25,27-28,33-36,38-40,44-47,51,56,72-73H,15-16,18-19,21-24,26,29-32H2,1-6H3,(H2,61,66)(H,64,74)/t35-,36+,38+,39-,40-,44?,45?,46-,47-,51+,56-/m1/s1. The lowest BCUT2D eigenvalue weighted by Gasteiger charge is -2.46. The molecule has 4 aromatic heterocycles. The molecule has 2 bridgehead atoms. The number of aromatic nitrogens is 5. The van der Waals surface area contributed by atoms with Crippen LogP contribution >= 0.6 is 11.3 Å². The summed E-state index contributed by atoms with van der Waals surface area (Å²) in [6.45, 7) is 16.8. The van der Waals surface area contributed by atoms with Crippen LogP contribution in [0.5, 0.6) is 17.5 Å². The maximum atomic E-state index is 14.3. The quantitative estimate of drug-likeness (QED) is 0.0632. The Labute approximate surface area is 466 Å². The van der Waals surface area contributed by atoms with Crippen molar-refractivity contribution in [1.29, 1.82) is 0 Å². The molecule has 418 valence electrons. The number of phenolic OH excluding ortho intramolecular Hbond substituents is 1. The van der Waals surface area contributed by atoms with E-state index in [2.05, 4.69) is 71.3 Å². The lowest BCUT2D eigenvalue weighted by atomic mass is 9.77. The Balaban J connectivity index is 0.620. The predicted octanol–water partition coefficient (Wildman–Crippen LogP) is 8.66. The van der Waals surface area contributed by atoms with Crippen molar-refractivity contribution in [3.05, 3.63) is 102 Å². The maximum absolute atomic E-state index is 14.3. The second-order valence-electron chi connectivity index (χ2n) is 23.2. The number of benzene rings is 2. The maximum Gasteiger partial charge on any atom is 0.254 e. The number of β-amino-alcohol motifs (C(OH)–C–C–N with tert-alkyl or cyclic N) is 1. The van der Waals surface area contributed by atoms with Gasteiger partial charge in [0.15, 0.2) is 11.6 Å². The van der Waals surface area contributed by atoms with Gasteiger partial charge in [-0.15, -0.1) is 21.5 Å². The summed E-state index contributed by atoms with van der Waals surface area (Å²) >= 11 is 1.60. The smallest absolute Gasteiger partial charge is 0.254 e. The molecule has 79 heavy (non-hydrogen) atoms. The first-order valence-electron chi connectivity index (χ1n) is 28.4. The number of amides is 2. The van der Waals surface area contributed by atoms with Crippen molar-refractivity contribution in [2.45, 2.75) is 135 Å². The number of nitrogens with two attached hydrogens (primary N) is 1. The zero-order valence-corrected chi connectivity index (χ0v) is 47.0. The number of fused-ring (bicyclic) bond motifs is 2. The van der Waals surface area contributed by atoms with E-state index in [9.17, 15) is 19.8 Å². The third kappa shape index (κ3) is 11.5. The molecule has 19 heteroatoms. The van der Waals surface area contributed by atoms with Crippen molar-refractivity contribution in [1.82, 2.24) is 40.4 Å². The predicted molar refractivity (Wildman–Crippen MR) is 304 cm³/mol. The second kappa shape index (κ2) is 23.1. The summed E-state index contributed by atoms with van der Waals surface area (Å²) in [5, 5.41) is 37.2. The van der Waals surface area contributed by atoms with Gasteiger partial charge >= 0.3 is 0 Å². The summed E-state index contributed by atoms with van der Waals surface area (Å²) in [4.78, 5) is 47.3. The van der Waals surface area contributed by atoms with Crippen LogP contribution in [-0.2, 0) is 9.59 Å². The Bertz CT molecular complexity index is 3080. The summed E-state index contributed by atoms with van der Waals surface area (Å²) in [7, 11) is 0. The number of likely N-dealkylation sites (tertiary alicyclic amines) is 2. The number of nitrogen functional groups attached to an aromatic ring is 1. The van der Waals surface area contributed by atoms with E-state index in [1.54, 1.807) is 29.5 Å². The van der Waals surface area contributed by atoms with Gasteiger partial charge in [0.1, 0.15) is 23.8 Å². The van der Waals surface area contributed by atoms with Gasteiger partial charge in [-0.05, 0) is 130 Å². The van der Waals surface area contributed by atoms with Crippen molar-refractivity contribution < 1.29 is 33.8 Å². The fourth-order valence-electron chi connectivity index (χ4n) is 13.1. The highest BCUT2D eigenvalue weighted by Gasteiger charge is 2.45. The molecule has 9 atom stereocenters. The average molecular weight is 1090 g/mol. The number of pyridine rings is 1. The monoisotopic (exact) mass is 1090 g/mol. The van der Waals surface area contributed by atoms with Crippen molar-refractivity contribution >= 4 is 40.3 Å². The van der Waals surface area contributed by atoms with Crippen molar-refractivity contribution in [3.8, 4) is 39.2 Å². The molecule has 2 unspecified atom stereocenters. The Morgan fingerprint density at radius 2 is 1.70 bits per heavy atom. The Hall–Kier alpha value is -6.83. The molecular formula is C60H75N11O7S. The van der Waals surface area contributed by atoms with Gasteiger partial charge in [-0.2, -0.15) is 0 Å². The Morgan fingerprint density at radius 1 is 0.924 bits per heavy atom. The average Bonchev–Trinajstić information content (AvgIpc) is 4.40. The molecular weight excluding hydrogens is 1020 g/mol. The van der Waals surface area contributed by atoms with E-state index < -0.39 is 18.1 Å². The van der Waals surface area contributed by atoms with Crippen LogP contribution in [0.2, 0.25) is 0 Å². The first-order chi connectivity index (χ1) is 38.1. The van der Waals surface area contributed by atoms with E-state index in [0.29, 0.717) is 77.1 Å². The summed E-state index contributed by atoms with van der Waals surface area (Å²) in [6, 6.07) is 23.0. The number of aliphatic hydroxyl groups excluding tert-OH is 1. The number of rotatable bonds is 18. The molecule has 1 aliphatic carbocycles. The SMILES string of the molecule is Cc1ncsc1-c1ccc([C@H](C)NC(=O)[C@@H]2C[C@@H](O)CN2C(=O)[C@@H](c2cc(OCC[C@H]3CCN(C[C@H]4C[C@H](Oc5cc(N6C7CCC6CN(c6cc(-c8ccccc8O)nnc6N)C7)ccn5)C4)[C@@H](C)[C@H]3C)no2)C(C)C)cc1. The van der Waals surface area contributed by atoms with Gasteiger partial charge in [-0.3, -0.25) is 9.59 Å². The first kappa shape index (κ1) is 54.1. The minimum absolute atomic E-state index is 0.0605. The number of aromatic hydroxyl groups is 1. The number of carbonyl (C=O) groups excluding carboxylic acids is 2. The lowest BCUT2D eigenvalue weighted by Crippen LogP contribution is -2.54. The number of aliphatic hydroxyl groups is 1. The molecule has 1 saturated carbocycles. The molecule has 0 radical (unpaired) electrons. The van der Waals surface area contributed by atoms with Crippen LogP contribution in [0.4, 0.5) is 17.2 Å². The zero-order valence-electron chi connectivity index (χ0n) is 46.1. The second-order valence-corrected chi connectivity index (χ2v) is 24.1. The molecule has 5 N–H and O–H groups in total. The number of thiazole rings is 1. The Morgan fingerprint density at radius 3 is 2.43 bits per heavy atom. The number of piperidine rings is 1. The highest BCUT2D eigenvalue weighted by Crippen LogP contribution is 2.42. The van der Waals surface area contributed by atoms with E-state index in [1.807, 2.05) is 81.9 Å². The van der Waals surface area contributed by atoms with Gasteiger partial charge < -0.3 is 54.9 Å². The molecule has 0 spiro atoms. The van der Waals surface area contributed by atoms with Crippen LogP contribution in [-0.4, -0.2) is 133 Å². The van der Waals surface area contributed by atoms with E-state index in [-0.39, 0.29) is 48.6 Å². The fraction of sp³-hybridized carbons (Fsp3) is 0.517. The van der Waals surface area contributed by atoms with E-state index in [4.69, 9.17) is 19.7 Å². The molecule has 5 aliphatic rings. The summed E-state index contributed by atoms with van der Waals surface area (Å²) < 4.78 is 18.5. The third-order valence-corrected chi connectivity index (χ3v) is 18.8. The highest BCUT2D eigenvalue weighted by atomic mass is 32.1. The van der Waals surface area contributed by atoms with Gasteiger partial charge in [0.25, 0.3) is 5.88 Å². The molecule has 18 nitrogen and oxygen atoms in total. The van der Waals surface area contributed by atoms with E-state index in [0.717, 1.165) is 97.8 Å². The molecule has 5 fully saturated rings. The first-order valence-corrected chi connectivity index (χ1v) is 29.2. The number of aryl methyl sites for hydroxylation is 1. The van der Waals surface area contributed by atoms with Gasteiger partial charge in [-0.1, -0.05) is 57.2 Å². The van der Waals surface area contributed by atoms with Gasteiger partial charge in [0.05, 0.1) is 46.2 Å². The number of nitrogens with zero attached hydrogens (tertiary/aromatic N) is 9. The minimum Gasteiger partial charge on any atom is -0.507 e. The van der Waals surface area contributed by atoms with Gasteiger partial charge in [-0.25, -0.2) is 9.97 Å². The van der Waals surface area contributed by atoms with Crippen LogP contribution < -0.4 is 30.3 Å². The molecule has 6 aromatic rings. The zero-order chi connectivity index (χ0) is 55.1. The van der Waals surface area contributed by atoms with Crippen LogP contribution in [0.3, 0.4) is 0 Å². The molecule has 11 rings (SSSR count). The Kier molecular flexibility index (Phi) is 15.8. The topological polar surface area (TPSA) is 222 Å². The molecule has 2 aromatic carbocycles. The molecule has 4 saturated heterocycles. The van der Waals surface area contributed by atoms with Crippen molar-refractivity contribution in [2.75, 3.05) is 54.9 Å². The fourth-order valence-corrected chi connectivity index (χ4v) is 14.0. The van der Waals surface area contributed by atoms with E-state index >= 15 is 0 Å².